The van der Waals surface area contributed by atoms with E-state index < -0.39 is 6.04 Å². The number of fused-ring (bicyclic) bond motifs is 1. The number of nitrogens with zero attached hydrogens (tertiary/aromatic N) is 3. The van der Waals surface area contributed by atoms with Crippen molar-refractivity contribution in [1.29, 1.82) is 10.8 Å². The van der Waals surface area contributed by atoms with Gasteiger partial charge >= 0.3 is 0 Å². The Morgan fingerprint density at radius 1 is 1.18 bits per heavy atom. The highest BCUT2D eigenvalue weighted by Gasteiger charge is 2.38. The van der Waals surface area contributed by atoms with E-state index in [1.165, 1.54) is 55.6 Å². The number of anilines is 1. The Balaban J connectivity index is 1.36. The van der Waals surface area contributed by atoms with Crippen molar-refractivity contribution in [3.8, 4) is 0 Å². The van der Waals surface area contributed by atoms with E-state index in [4.69, 9.17) is 20.2 Å². The first kappa shape index (κ1) is 25.2. The highest BCUT2D eigenvalue weighted by molar-refractivity contribution is 7.17. The summed E-state index contributed by atoms with van der Waals surface area (Å²) in [5.74, 6) is 1.76. The van der Waals surface area contributed by atoms with E-state index in [-0.39, 0.29) is 5.84 Å². The van der Waals surface area contributed by atoms with Gasteiger partial charge in [0.25, 0.3) is 0 Å². The molecule has 2 fully saturated rings. The van der Waals surface area contributed by atoms with Crippen molar-refractivity contribution in [2.24, 2.45) is 10.4 Å². The number of rotatable bonds is 4. The van der Waals surface area contributed by atoms with E-state index in [0.29, 0.717) is 29.5 Å². The molecule has 1 aliphatic carbocycles. The van der Waals surface area contributed by atoms with Crippen molar-refractivity contribution >= 4 is 33.7 Å². The van der Waals surface area contributed by atoms with Crippen LogP contribution in [0.1, 0.15) is 78.0 Å². The Morgan fingerprint density at radius 2 is 1.95 bits per heavy atom. The van der Waals surface area contributed by atoms with Crippen LogP contribution in [0.15, 0.2) is 46.1 Å². The lowest BCUT2D eigenvalue weighted by Gasteiger charge is -2.37. The van der Waals surface area contributed by atoms with Gasteiger partial charge in [0.1, 0.15) is 29.0 Å². The fraction of sp³-hybridized carbons (Fsp3) is 0.467. The molecular weight excluding hydrogens is 492 g/mol. The zero-order valence-electron chi connectivity index (χ0n) is 22.4. The average molecular weight is 529 g/mol. The molecule has 2 aliphatic heterocycles. The molecule has 4 heterocycles. The van der Waals surface area contributed by atoms with Crippen LogP contribution in [0.2, 0.25) is 0 Å². The number of amidine groups is 2. The lowest BCUT2D eigenvalue weighted by atomic mass is 9.68. The first-order valence-electron chi connectivity index (χ1n) is 13.7. The number of hydrogen-bond donors (Lipinski definition) is 3. The first-order valence-corrected chi connectivity index (χ1v) is 14.5. The molecule has 0 amide bonds. The smallest absolute Gasteiger partial charge is 0.196 e. The molecule has 1 atom stereocenters. The van der Waals surface area contributed by atoms with Crippen LogP contribution in [0.3, 0.4) is 0 Å². The fourth-order valence-corrected chi connectivity index (χ4v) is 7.72. The summed E-state index contributed by atoms with van der Waals surface area (Å²) in [6, 6.07) is 8.51. The van der Waals surface area contributed by atoms with Crippen molar-refractivity contribution in [3.63, 3.8) is 0 Å². The Hall–Kier alpha value is -3.10. The van der Waals surface area contributed by atoms with Crippen molar-refractivity contribution in [2.75, 3.05) is 18.0 Å². The van der Waals surface area contributed by atoms with E-state index in [2.05, 4.69) is 48.4 Å². The van der Waals surface area contributed by atoms with Crippen LogP contribution in [-0.4, -0.2) is 41.5 Å². The second-order valence-electron chi connectivity index (χ2n) is 11.2. The zero-order valence-corrected chi connectivity index (χ0v) is 23.3. The SMILES string of the molecule is CC(=N)N1C(=N)[C@H](Cc2ncco2)N=C(c2ccc(C3CCC4(CCNC4)CC3)cc2)c2c1sc(C)c2C. The van der Waals surface area contributed by atoms with Crippen molar-refractivity contribution < 1.29 is 4.42 Å². The third kappa shape index (κ3) is 4.43. The summed E-state index contributed by atoms with van der Waals surface area (Å²) >= 11 is 1.63. The van der Waals surface area contributed by atoms with Crippen molar-refractivity contribution in [1.82, 2.24) is 10.3 Å². The summed E-state index contributed by atoms with van der Waals surface area (Å²) in [6.07, 6.45) is 10.0. The highest BCUT2D eigenvalue weighted by atomic mass is 32.1. The maximum atomic E-state index is 9.09. The lowest BCUT2D eigenvalue weighted by Crippen LogP contribution is -2.40. The molecule has 1 spiro atoms. The molecule has 1 aromatic carbocycles. The third-order valence-electron chi connectivity index (χ3n) is 8.87. The number of aryl methyl sites for hydroxylation is 1. The maximum Gasteiger partial charge on any atom is 0.196 e. The maximum absolute atomic E-state index is 9.09. The van der Waals surface area contributed by atoms with Crippen LogP contribution in [0, 0.1) is 30.1 Å². The summed E-state index contributed by atoms with van der Waals surface area (Å²) in [5.41, 5.74) is 6.09. The predicted molar refractivity (Wildman–Crippen MR) is 155 cm³/mol. The van der Waals surface area contributed by atoms with Gasteiger partial charge < -0.3 is 9.73 Å². The molecule has 38 heavy (non-hydrogen) atoms. The number of aliphatic imine (C=N–C) groups is 1. The molecule has 3 aliphatic rings. The Labute approximate surface area is 228 Å². The second-order valence-corrected chi connectivity index (χ2v) is 12.4. The number of nitrogens with one attached hydrogen (secondary N) is 3. The van der Waals surface area contributed by atoms with Crippen LogP contribution in [0.4, 0.5) is 5.00 Å². The normalized spacial score (nSPS) is 25.4. The van der Waals surface area contributed by atoms with Crippen LogP contribution >= 0.6 is 11.3 Å². The summed E-state index contributed by atoms with van der Waals surface area (Å²) in [4.78, 5) is 12.4. The topological polar surface area (TPSA) is 101 Å². The van der Waals surface area contributed by atoms with Crippen LogP contribution in [-0.2, 0) is 6.42 Å². The summed E-state index contributed by atoms with van der Waals surface area (Å²) in [5, 5.41) is 22.1. The van der Waals surface area contributed by atoms with Gasteiger partial charge in [-0.3, -0.25) is 20.7 Å². The molecule has 1 saturated heterocycles. The van der Waals surface area contributed by atoms with Gasteiger partial charge in [0.2, 0.25) is 0 Å². The van der Waals surface area contributed by atoms with Gasteiger partial charge in [-0.05, 0) is 81.9 Å². The largest absolute Gasteiger partial charge is 0.449 e. The highest BCUT2D eigenvalue weighted by Crippen LogP contribution is 2.46. The molecule has 0 radical (unpaired) electrons. The quantitative estimate of drug-likeness (QED) is 0.276. The van der Waals surface area contributed by atoms with Crippen LogP contribution < -0.4 is 10.2 Å². The van der Waals surface area contributed by atoms with Gasteiger partial charge in [-0.15, -0.1) is 11.3 Å². The van der Waals surface area contributed by atoms with E-state index >= 15 is 0 Å². The van der Waals surface area contributed by atoms with Gasteiger partial charge in [-0.25, -0.2) is 4.98 Å². The van der Waals surface area contributed by atoms with Gasteiger partial charge in [0.15, 0.2) is 5.89 Å². The van der Waals surface area contributed by atoms with Gasteiger partial charge in [-0.2, -0.15) is 0 Å². The summed E-state index contributed by atoms with van der Waals surface area (Å²) in [7, 11) is 0. The Morgan fingerprint density at radius 3 is 2.58 bits per heavy atom. The van der Waals surface area contributed by atoms with E-state index in [1.54, 1.807) is 35.6 Å². The van der Waals surface area contributed by atoms with Gasteiger partial charge in [0.05, 0.1) is 18.3 Å². The molecule has 198 valence electrons. The van der Waals surface area contributed by atoms with E-state index in [1.807, 2.05) is 0 Å². The van der Waals surface area contributed by atoms with Gasteiger partial charge in [0, 0.05) is 22.5 Å². The van der Waals surface area contributed by atoms with Crippen molar-refractivity contribution in [2.45, 2.75) is 71.3 Å². The Kier molecular flexibility index (Phi) is 6.56. The molecule has 3 N–H and O–H groups in total. The molecule has 1 saturated carbocycles. The standard InChI is InChI=1S/C30H36N6OS/c1-18-19(2)38-29-26(18)27(35-24(16-25-34-14-15-37-25)28(32)36(29)20(3)31)23-6-4-21(5-7-23)22-8-10-30(11-9-22)12-13-33-17-30/h4-7,14-15,22,24,31-33H,8-13,16-17H2,1-3H3/t22?,24-,30?/m0/s1. The molecule has 2 aromatic heterocycles. The van der Waals surface area contributed by atoms with Crippen LogP contribution in [0.5, 0.6) is 0 Å². The van der Waals surface area contributed by atoms with Crippen LogP contribution in [0.25, 0.3) is 0 Å². The monoisotopic (exact) mass is 528 g/mol. The number of benzene rings is 1. The van der Waals surface area contributed by atoms with Crippen molar-refractivity contribution in [3.05, 3.63) is 69.7 Å². The average Bonchev–Trinajstić information content (AvgIpc) is 3.64. The fourth-order valence-electron chi connectivity index (χ4n) is 6.50. The number of hydrogen-bond acceptors (Lipinski definition) is 7. The molecule has 8 heteroatoms. The number of oxazole rings is 1. The summed E-state index contributed by atoms with van der Waals surface area (Å²) < 4.78 is 5.53. The zero-order chi connectivity index (χ0) is 26.4. The Bertz CT molecular complexity index is 1370. The first-order chi connectivity index (χ1) is 18.3. The lowest BCUT2D eigenvalue weighted by molar-refractivity contribution is 0.199. The predicted octanol–water partition coefficient (Wildman–Crippen LogP) is 6.23. The molecular formula is C30H36N6OS. The number of thiophene rings is 1. The van der Waals surface area contributed by atoms with E-state index in [9.17, 15) is 0 Å². The minimum atomic E-state index is -0.502. The van der Waals surface area contributed by atoms with E-state index in [0.717, 1.165) is 27.4 Å². The molecule has 0 bridgehead atoms. The molecule has 0 unspecified atom stereocenters. The summed E-state index contributed by atoms with van der Waals surface area (Å²) in [6.45, 7) is 8.33. The number of aromatic nitrogens is 1. The van der Waals surface area contributed by atoms with Gasteiger partial charge in [-0.1, -0.05) is 24.3 Å². The third-order valence-corrected chi connectivity index (χ3v) is 10.1. The minimum Gasteiger partial charge on any atom is -0.449 e. The molecule has 6 rings (SSSR count). The second kappa shape index (κ2) is 9.89. The molecule has 3 aromatic rings. The minimum absolute atomic E-state index is 0.280. The molecule has 7 nitrogen and oxygen atoms in total.